The summed E-state index contributed by atoms with van der Waals surface area (Å²) in [5.74, 6) is 1.79. The van der Waals surface area contributed by atoms with Gasteiger partial charge in [0.05, 0.1) is 18.9 Å². The van der Waals surface area contributed by atoms with Gasteiger partial charge in [-0.2, -0.15) is 0 Å². The summed E-state index contributed by atoms with van der Waals surface area (Å²) in [6.45, 7) is 5.36. The highest BCUT2D eigenvalue weighted by Gasteiger charge is 2.20. The molecule has 0 spiro atoms. The van der Waals surface area contributed by atoms with Gasteiger partial charge in [-0.1, -0.05) is 30.3 Å². The van der Waals surface area contributed by atoms with Crippen molar-refractivity contribution in [3.63, 3.8) is 0 Å². The highest BCUT2D eigenvalue weighted by Crippen LogP contribution is 2.25. The van der Waals surface area contributed by atoms with Crippen LogP contribution in [0.5, 0.6) is 0 Å². The zero-order valence-electron chi connectivity index (χ0n) is 14.1. The van der Waals surface area contributed by atoms with E-state index < -0.39 is 0 Å². The molecule has 2 heterocycles. The smallest absolute Gasteiger partial charge is 0.129 e. The Kier molecular flexibility index (Phi) is 4.76. The highest BCUT2D eigenvalue weighted by atomic mass is 16.5. The molecular weight excluding hydrogens is 298 g/mol. The standard InChI is InChI=1S/C20H25N3O/c1-2-5-18-13-16(12-17(18)4-1)14-21-15-19-6-3-7-20(22-19)23-8-10-24-11-9-23/h1-7,16,21H,8-15H2. The Bertz CT molecular complexity index is 657. The molecule has 4 rings (SSSR count). The van der Waals surface area contributed by atoms with Gasteiger partial charge in [0.1, 0.15) is 5.82 Å². The van der Waals surface area contributed by atoms with Crippen molar-refractivity contribution >= 4 is 5.82 Å². The normalized spacial score (nSPS) is 17.9. The average Bonchev–Trinajstić information content (AvgIpc) is 3.05. The fourth-order valence-electron chi connectivity index (χ4n) is 3.73. The molecule has 1 N–H and O–H groups in total. The van der Waals surface area contributed by atoms with Crippen LogP contribution in [0.25, 0.3) is 0 Å². The predicted molar refractivity (Wildman–Crippen MR) is 96.3 cm³/mol. The quantitative estimate of drug-likeness (QED) is 0.917. The van der Waals surface area contributed by atoms with Crippen molar-refractivity contribution in [3.05, 3.63) is 59.3 Å². The fraction of sp³-hybridized carbons (Fsp3) is 0.450. The summed E-state index contributed by atoms with van der Waals surface area (Å²) in [5, 5.41) is 3.60. The molecule has 1 aromatic carbocycles. The third-order valence-electron chi connectivity index (χ3n) is 5.00. The molecule has 0 bridgehead atoms. The van der Waals surface area contributed by atoms with Crippen LogP contribution >= 0.6 is 0 Å². The lowest BCUT2D eigenvalue weighted by Gasteiger charge is -2.28. The summed E-state index contributed by atoms with van der Waals surface area (Å²) in [4.78, 5) is 7.11. The molecule has 1 fully saturated rings. The van der Waals surface area contributed by atoms with Crippen LogP contribution < -0.4 is 10.2 Å². The van der Waals surface area contributed by atoms with E-state index in [9.17, 15) is 0 Å². The number of ether oxygens (including phenoxy) is 1. The molecule has 1 aliphatic carbocycles. The first-order valence-electron chi connectivity index (χ1n) is 8.94. The maximum Gasteiger partial charge on any atom is 0.129 e. The molecule has 1 aliphatic heterocycles. The molecule has 0 atom stereocenters. The van der Waals surface area contributed by atoms with Crippen LogP contribution in [0.1, 0.15) is 16.8 Å². The molecule has 2 aromatic rings. The molecule has 4 nitrogen and oxygen atoms in total. The van der Waals surface area contributed by atoms with Gasteiger partial charge in [0.25, 0.3) is 0 Å². The van der Waals surface area contributed by atoms with E-state index in [1.807, 2.05) is 0 Å². The summed E-state index contributed by atoms with van der Waals surface area (Å²) in [7, 11) is 0. The number of aromatic nitrogens is 1. The van der Waals surface area contributed by atoms with Crippen LogP contribution in [0, 0.1) is 5.92 Å². The van der Waals surface area contributed by atoms with E-state index in [0.29, 0.717) is 5.92 Å². The van der Waals surface area contributed by atoms with E-state index in [4.69, 9.17) is 9.72 Å². The molecule has 0 amide bonds. The van der Waals surface area contributed by atoms with Crippen molar-refractivity contribution in [3.8, 4) is 0 Å². The second-order valence-electron chi connectivity index (χ2n) is 6.76. The molecule has 0 saturated carbocycles. The minimum atomic E-state index is 0.713. The van der Waals surface area contributed by atoms with Gasteiger partial charge in [-0.15, -0.1) is 0 Å². The van der Waals surface area contributed by atoms with E-state index in [1.165, 1.54) is 24.0 Å². The number of pyridine rings is 1. The number of rotatable bonds is 5. The summed E-state index contributed by atoms with van der Waals surface area (Å²) >= 11 is 0. The third-order valence-corrected chi connectivity index (χ3v) is 5.00. The number of hydrogen-bond acceptors (Lipinski definition) is 4. The van der Waals surface area contributed by atoms with E-state index in [0.717, 1.165) is 50.9 Å². The Morgan fingerprint density at radius 1 is 1.00 bits per heavy atom. The first-order valence-corrected chi connectivity index (χ1v) is 8.94. The monoisotopic (exact) mass is 323 g/mol. The lowest BCUT2D eigenvalue weighted by Crippen LogP contribution is -2.36. The van der Waals surface area contributed by atoms with Crippen LogP contribution in [-0.4, -0.2) is 37.8 Å². The van der Waals surface area contributed by atoms with Crippen molar-refractivity contribution in [2.75, 3.05) is 37.7 Å². The molecule has 2 aliphatic rings. The van der Waals surface area contributed by atoms with Gasteiger partial charge < -0.3 is 15.0 Å². The van der Waals surface area contributed by atoms with E-state index in [2.05, 4.69) is 52.7 Å². The predicted octanol–water partition coefficient (Wildman–Crippen LogP) is 2.42. The molecule has 1 aromatic heterocycles. The van der Waals surface area contributed by atoms with Crippen LogP contribution in [0.3, 0.4) is 0 Å². The molecular formula is C20H25N3O. The van der Waals surface area contributed by atoms with Crippen molar-refractivity contribution in [1.82, 2.24) is 10.3 Å². The zero-order chi connectivity index (χ0) is 16.2. The van der Waals surface area contributed by atoms with Gasteiger partial charge in [0.2, 0.25) is 0 Å². The van der Waals surface area contributed by atoms with Crippen LogP contribution in [0.15, 0.2) is 42.5 Å². The molecule has 126 valence electrons. The maximum absolute atomic E-state index is 5.42. The minimum absolute atomic E-state index is 0.713. The first-order chi connectivity index (χ1) is 11.9. The summed E-state index contributed by atoms with van der Waals surface area (Å²) in [6, 6.07) is 15.2. The number of benzene rings is 1. The largest absolute Gasteiger partial charge is 0.378 e. The van der Waals surface area contributed by atoms with E-state index in [-0.39, 0.29) is 0 Å². The molecule has 0 radical (unpaired) electrons. The number of morpholine rings is 1. The second kappa shape index (κ2) is 7.32. The number of nitrogens with zero attached hydrogens (tertiary/aromatic N) is 2. The lowest BCUT2D eigenvalue weighted by atomic mass is 10.1. The topological polar surface area (TPSA) is 37.4 Å². The Morgan fingerprint density at radius 2 is 1.75 bits per heavy atom. The summed E-state index contributed by atoms with van der Waals surface area (Å²) in [6.07, 6.45) is 2.40. The Balaban J connectivity index is 1.29. The first kappa shape index (κ1) is 15.6. The fourth-order valence-corrected chi connectivity index (χ4v) is 3.73. The second-order valence-corrected chi connectivity index (χ2v) is 6.76. The van der Waals surface area contributed by atoms with Crippen LogP contribution in [-0.2, 0) is 24.1 Å². The van der Waals surface area contributed by atoms with Crippen molar-refractivity contribution < 1.29 is 4.74 Å². The number of anilines is 1. The Hall–Kier alpha value is -1.91. The third kappa shape index (κ3) is 3.60. The molecule has 4 heteroatoms. The maximum atomic E-state index is 5.42. The van der Waals surface area contributed by atoms with Gasteiger partial charge in [-0.3, -0.25) is 0 Å². The van der Waals surface area contributed by atoms with E-state index >= 15 is 0 Å². The van der Waals surface area contributed by atoms with Gasteiger partial charge in [0, 0.05) is 19.6 Å². The zero-order valence-corrected chi connectivity index (χ0v) is 14.1. The van der Waals surface area contributed by atoms with Crippen molar-refractivity contribution in [1.29, 1.82) is 0 Å². The number of hydrogen-bond donors (Lipinski definition) is 1. The van der Waals surface area contributed by atoms with Crippen molar-refractivity contribution in [2.45, 2.75) is 19.4 Å². The van der Waals surface area contributed by atoms with Gasteiger partial charge in [0.15, 0.2) is 0 Å². The SMILES string of the molecule is c1cc(CNCC2Cc3ccccc3C2)nc(N2CCOCC2)c1. The molecule has 24 heavy (non-hydrogen) atoms. The number of nitrogens with one attached hydrogen (secondary N) is 1. The summed E-state index contributed by atoms with van der Waals surface area (Å²) < 4.78 is 5.42. The van der Waals surface area contributed by atoms with Gasteiger partial charge in [-0.05, 0) is 48.6 Å². The minimum Gasteiger partial charge on any atom is -0.378 e. The Morgan fingerprint density at radius 3 is 2.50 bits per heavy atom. The molecule has 0 unspecified atom stereocenters. The number of fused-ring (bicyclic) bond motifs is 1. The van der Waals surface area contributed by atoms with Crippen molar-refractivity contribution in [2.24, 2.45) is 5.92 Å². The lowest BCUT2D eigenvalue weighted by molar-refractivity contribution is 0.122. The van der Waals surface area contributed by atoms with E-state index in [1.54, 1.807) is 0 Å². The molecule has 1 saturated heterocycles. The van der Waals surface area contributed by atoms with Gasteiger partial charge in [-0.25, -0.2) is 4.98 Å². The van der Waals surface area contributed by atoms with Gasteiger partial charge >= 0.3 is 0 Å². The summed E-state index contributed by atoms with van der Waals surface area (Å²) in [5.41, 5.74) is 4.17. The highest BCUT2D eigenvalue weighted by molar-refractivity contribution is 5.39. The van der Waals surface area contributed by atoms with Crippen LogP contribution in [0.2, 0.25) is 0 Å². The van der Waals surface area contributed by atoms with Crippen LogP contribution in [0.4, 0.5) is 5.82 Å². The average molecular weight is 323 g/mol. The Labute approximate surface area is 143 Å².